The van der Waals surface area contributed by atoms with Crippen LogP contribution in [-0.4, -0.2) is 73.1 Å². The smallest absolute Gasteiger partial charge is 0.390 e. The van der Waals surface area contributed by atoms with E-state index in [9.17, 15) is 33.3 Å². The summed E-state index contributed by atoms with van der Waals surface area (Å²) in [5.74, 6) is -1.02. The lowest BCUT2D eigenvalue weighted by Crippen LogP contribution is -2.57. The second-order valence-electron chi connectivity index (χ2n) is 6.17. The number of hydrogen-bond donors (Lipinski definition) is 6. The maximum atomic E-state index is 11.9. The summed E-state index contributed by atoms with van der Waals surface area (Å²) < 4.78 is 50.4. The number of aliphatic hydroxyl groups excluding tert-OH is 1. The lowest BCUT2D eigenvalue weighted by atomic mass is 10.1. The Hall–Kier alpha value is -0.730. The Labute approximate surface area is 163 Å². The van der Waals surface area contributed by atoms with Gasteiger partial charge in [0.25, 0.3) is 0 Å². The number of aliphatic hydroxyl groups is 1. The van der Waals surface area contributed by atoms with E-state index in [4.69, 9.17) is 19.4 Å². The van der Waals surface area contributed by atoms with Crippen LogP contribution in [0.2, 0.25) is 0 Å². The molecule has 0 spiro atoms. The number of nitrogens with zero attached hydrogens (tertiary/aromatic N) is 1. The first kappa shape index (κ1) is 24.5. The fraction of sp³-hybridized carbons (Fsp3) is 0.800. The fourth-order valence-corrected chi connectivity index (χ4v) is 5.57. The molecule has 0 bridgehead atoms. The molecule has 0 aliphatic carbocycles. The van der Waals surface area contributed by atoms with Gasteiger partial charge in [-0.2, -0.15) is 8.62 Å². The zero-order valence-corrected chi connectivity index (χ0v) is 17.3. The predicted molar refractivity (Wildman–Crippen MR) is 88.5 cm³/mol. The van der Waals surface area contributed by atoms with Gasteiger partial charge < -0.3 is 29.4 Å². The molecule has 0 aromatic heterocycles. The average molecular weight is 484 g/mol. The van der Waals surface area contributed by atoms with Gasteiger partial charge in [-0.1, -0.05) is 6.92 Å². The molecular formula is C10H19N2O14P3. The van der Waals surface area contributed by atoms with Crippen LogP contribution in [0.5, 0.6) is 0 Å². The van der Waals surface area contributed by atoms with E-state index < -0.39 is 66.4 Å². The van der Waals surface area contributed by atoms with Gasteiger partial charge in [-0.15, -0.1) is 0 Å². The lowest BCUT2D eigenvalue weighted by molar-refractivity contribution is -0.128. The highest BCUT2D eigenvalue weighted by Crippen LogP contribution is 2.66. The minimum atomic E-state index is -5.66. The molecule has 16 nitrogen and oxygen atoms in total. The van der Waals surface area contributed by atoms with E-state index in [0.717, 1.165) is 4.90 Å². The Bertz CT molecular complexity index is 799. The minimum absolute atomic E-state index is 0.00461. The molecule has 2 heterocycles. The number of phosphoric ester groups is 1. The number of rotatable bonds is 8. The third kappa shape index (κ3) is 7.17. The zero-order chi connectivity index (χ0) is 22.2. The molecule has 2 aliphatic heterocycles. The van der Waals surface area contributed by atoms with Crippen LogP contribution in [-0.2, 0) is 36.4 Å². The van der Waals surface area contributed by atoms with E-state index in [1.807, 2.05) is 0 Å². The number of nitrogens with one attached hydrogen (secondary N) is 1. The SMILES string of the molecule is C[C@H]1CN([C@@H]2C[C@H](O)[C@@H](COP(=O)(O)OP(=O)(O)OP(=O)(O)O)O2)C(=O)NC1=O. The summed E-state index contributed by atoms with van der Waals surface area (Å²) in [7, 11) is -16.6. The Morgan fingerprint density at radius 1 is 1.14 bits per heavy atom. The van der Waals surface area contributed by atoms with Gasteiger partial charge in [0, 0.05) is 13.0 Å². The normalized spacial score (nSPS) is 32.6. The van der Waals surface area contributed by atoms with Crippen molar-refractivity contribution in [3.63, 3.8) is 0 Å². The highest BCUT2D eigenvalue weighted by atomic mass is 31.3. The number of carbonyl (C=O) groups is 2. The number of phosphoric acid groups is 3. The number of ether oxygens (including phenoxy) is 1. The standard InChI is InChI=1S/C10H19N2O14P3/c1-5-3-12(10(15)11-9(5)14)8-2-6(13)7(24-8)4-23-28(19,20)26-29(21,22)25-27(16,17)18/h5-8,13H,2-4H2,1H3,(H,19,20)(H,21,22)(H,11,14,15)(H2,16,17,18)/t5-,6-,7+,8-/m0/s1. The molecule has 6 atom stereocenters. The van der Waals surface area contributed by atoms with Crippen molar-refractivity contribution >= 4 is 35.4 Å². The molecule has 29 heavy (non-hydrogen) atoms. The third-order valence-electron chi connectivity index (χ3n) is 3.78. The van der Waals surface area contributed by atoms with Crippen LogP contribution in [0.15, 0.2) is 0 Å². The first-order chi connectivity index (χ1) is 13.1. The van der Waals surface area contributed by atoms with Crippen molar-refractivity contribution in [2.45, 2.75) is 31.8 Å². The zero-order valence-electron chi connectivity index (χ0n) is 14.6. The van der Waals surface area contributed by atoms with Crippen LogP contribution in [0.3, 0.4) is 0 Å². The number of carbonyl (C=O) groups excluding carboxylic acids is 2. The average Bonchev–Trinajstić information content (AvgIpc) is 2.86. The molecule has 2 fully saturated rings. The van der Waals surface area contributed by atoms with Crippen LogP contribution < -0.4 is 5.32 Å². The molecule has 2 rings (SSSR count). The van der Waals surface area contributed by atoms with Gasteiger partial charge in [0.1, 0.15) is 12.3 Å². The van der Waals surface area contributed by atoms with E-state index in [1.165, 1.54) is 0 Å². The number of urea groups is 1. The van der Waals surface area contributed by atoms with Crippen LogP contribution in [0, 0.1) is 5.92 Å². The van der Waals surface area contributed by atoms with Crippen LogP contribution in [0.1, 0.15) is 13.3 Å². The molecule has 0 aromatic carbocycles. The first-order valence-electron chi connectivity index (χ1n) is 7.82. The molecule has 3 amide bonds. The predicted octanol–water partition coefficient (Wildman–Crippen LogP) is -1.01. The molecule has 0 radical (unpaired) electrons. The molecule has 2 saturated heterocycles. The lowest BCUT2D eigenvalue weighted by Gasteiger charge is -2.34. The largest absolute Gasteiger partial charge is 0.490 e. The first-order valence-corrected chi connectivity index (χ1v) is 12.3. The van der Waals surface area contributed by atoms with Crippen molar-refractivity contribution in [2.75, 3.05) is 13.2 Å². The van der Waals surface area contributed by atoms with E-state index in [2.05, 4.69) is 18.5 Å². The van der Waals surface area contributed by atoms with Crippen LogP contribution >= 0.6 is 23.5 Å². The maximum Gasteiger partial charge on any atom is 0.490 e. The van der Waals surface area contributed by atoms with Gasteiger partial charge in [0.15, 0.2) is 0 Å². The van der Waals surface area contributed by atoms with Gasteiger partial charge in [0.05, 0.1) is 18.6 Å². The Balaban J connectivity index is 1.93. The summed E-state index contributed by atoms with van der Waals surface area (Å²) in [6, 6.07) is -0.751. The highest BCUT2D eigenvalue weighted by Gasteiger charge is 2.45. The number of hydrogen-bond acceptors (Lipinski definition) is 10. The summed E-state index contributed by atoms with van der Waals surface area (Å²) >= 11 is 0. The number of amides is 3. The van der Waals surface area contributed by atoms with Crippen molar-refractivity contribution in [3.8, 4) is 0 Å². The van der Waals surface area contributed by atoms with Crippen LogP contribution in [0.4, 0.5) is 4.79 Å². The van der Waals surface area contributed by atoms with E-state index >= 15 is 0 Å². The highest BCUT2D eigenvalue weighted by molar-refractivity contribution is 7.66. The molecule has 2 unspecified atom stereocenters. The fourth-order valence-electron chi connectivity index (χ4n) is 2.54. The summed E-state index contributed by atoms with van der Waals surface area (Å²) in [4.78, 5) is 59.9. The summed E-state index contributed by atoms with van der Waals surface area (Å²) in [5.41, 5.74) is 0. The molecule has 6 N–H and O–H groups in total. The maximum absolute atomic E-state index is 11.9. The summed E-state index contributed by atoms with van der Waals surface area (Å²) in [5, 5.41) is 12.1. The summed E-state index contributed by atoms with van der Waals surface area (Å²) in [6.07, 6.45) is -3.67. The minimum Gasteiger partial charge on any atom is -0.390 e. The van der Waals surface area contributed by atoms with Crippen molar-refractivity contribution < 1.29 is 65.8 Å². The van der Waals surface area contributed by atoms with Crippen molar-refractivity contribution in [1.29, 1.82) is 0 Å². The Kier molecular flexibility index (Phi) is 7.44. The molecule has 168 valence electrons. The summed E-state index contributed by atoms with van der Waals surface area (Å²) in [6.45, 7) is 0.711. The molecule has 0 aromatic rings. The van der Waals surface area contributed by atoms with Gasteiger partial charge in [0.2, 0.25) is 5.91 Å². The van der Waals surface area contributed by atoms with E-state index in [1.54, 1.807) is 6.92 Å². The van der Waals surface area contributed by atoms with Gasteiger partial charge >= 0.3 is 29.5 Å². The van der Waals surface area contributed by atoms with Gasteiger partial charge in [-0.25, -0.2) is 18.5 Å². The Morgan fingerprint density at radius 2 is 1.76 bits per heavy atom. The molecule has 19 heteroatoms. The van der Waals surface area contributed by atoms with Crippen molar-refractivity contribution in [1.82, 2.24) is 10.2 Å². The van der Waals surface area contributed by atoms with Gasteiger partial charge in [-0.05, 0) is 0 Å². The quantitative estimate of drug-likeness (QED) is 0.226. The topological polar surface area (TPSA) is 239 Å². The second kappa shape index (κ2) is 8.79. The monoisotopic (exact) mass is 484 g/mol. The number of imide groups is 1. The molecule has 0 saturated carbocycles. The Morgan fingerprint density at radius 3 is 2.34 bits per heavy atom. The van der Waals surface area contributed by atoms with Gasteiger partial charge in [-0.3, -0.25) is 19.5 Å². The van der Waals surface area contributed by atoms with Crippen LogP contribution in [0.25, 0.3) is 0 Å². The van der Waals surface area contributed by atoms with E-state index in [0.29, 0.717) is 0 Å². The van der Waals surface area contributed by atoms with Crippen molar-refractivity contribution in [2.24, 2.45) is 5.92 Å². The third-order valence-corrected chi connectivity index (χ3v) is 7.58. The van der Waals surface area contributed by atoms with Crippen molar-refractivity contribution in [3.05, 3.63) is 0 Å². The molecule has 2 aliphatic rings. The van der Waals surface area contributed by atoms with E-state index in [-0.39, 0.29) is 13.0 Å². The second-order valence-corrected chi connectivity index (χ2v) is 10.6. The molecular weight excluding hydrogens is 465 g/mol.